The van der Waals surface area contributed by atoms with Crippen molar-refractivity contribution in [3.8, 4) is 11.5 Å². The van der Waals surface area contributed by atoms with Crippen molar-refractivity contribution in [2.75, 3.05) is 26.4 Å². The molecule has 0 heterocycles. The highest BCUT2D eigenvalue weighted by Crippen LogP contribution is 2.30. The molecule has 1 rings (SSSR count). The maximum atomic E-state index is 12.4. The summed E-state index contributed by atoms with van der Waals surface area (Å²) in [5.41, 5.74) is 6.48. The number of nitrogens with two attached hydrogens (primary N) is 1. The van der Waals surface area contributed by atoms with Crippen LogP contribution in [0.5, 0.6) is 11.5 Å². The van der Waals surface area contributed by atoms with E-state index in [9.17, 15) is 19.2 Å². The van der Waals surface area contributed by atoms with Crippen LogP contribution in [0.3, 0.4) is 0 Å². The van der Waals surface area contributed by atoms with E-state index in [1.165, 1.54) is 12.1 Å². The molecule has 220 valence electrons. The zero-order valence-corrected chi connectivity index (χ0v) is 23.6. The smallest absolute Gasteiger partial charge is 0.461 e. The molecule has 0 aliphatic rings. The molecular formula is C27H41NO11. The molecule has 1 aromatic carbocycles. The average molecular weight is 556 g/mol. The molecule has 0 radical (unpaired) electrons. The second-order valence-corrected chi connectivity index (χ2v) is 9.72. The van der Waals surface area contributed by atoms with E-state index in [1.54, 1.807) is 13.0 Å². The number of carbonyl (C=O) groups excluding carboxylic acids is 4. The average Bonchev–Trinajstić information content (AvgIpc) is 2.86. The number of carbonyl (C=O) groups is 4. The van der Waals surface area contributed by atoms with Crippen molar-refractivity contribution in [1.29, 1.82) is 0 Å². The van der Waals surface area contributed by atoms with Crippen molar-refractivity contribution < 1.29 is 52.3 Å². The summed E-state index contributed by atoms with van der Waals surface area (Å²) in [7, 11) is 0. The summed E-state index contributed by atoms with van der Waals surface area (Å²) in [5, 5.41) is 0. The maximum absolute atomic E-state index is 12.4. The van der Waals surface area contributed by atoms with Gasteiger partial charge < -0.3 is 38.9 Å². The van der Waals surface area contributed by atoms with E-state index < -0.39 is 36.6 Å². The Morgan fingerprint density at radius 3 is 1.92 bits per heavy atom. The van der Waals surface area contributed by atoms with E-state index in [2.05, 4.69) is 0 Å². The highest BCUT2D eigenvalue weighted by Gasteiger charge is 2.22. The summed E-state index contributed by atoms with van der Waals surface area (Å²) < 4.78 is 35.5. The first-order valence-corrected chi connectivity index (χ1v) is 13.0. The Bertz CT molecular complexity index is 932. The third-order valence-electron chi connectivity index (χ3n) is 4.70. The monoisotopic (exact) mass is 555 g/mol. The fourth-order valence-corrected chi connectivity index (χ4v) is 2.73. The molecule has 0 fully saturated rings. The number of hydrogen-bond acceptors (Lipinski definition) is 12. The van der Waals surface area contributed by atoms with Crippen molar-refractivity contribution in [3.05, 3.63) is 23.8 Å². The van der Waals surface area contributed by atoms with Gasteiger partial charge in [-0.15, -0.1) is 0 Å². The standard InChI is InChI=1S/C27H41NO11/c1-7-8-11-33-25(30)37-19(6)16-34-24(29)21(28)12-20-9-10-22(38-26(31)35-14-17(2)3)23(13-20)39-27(32)36-15-18(4)5/h9-10,13,17-19,21H,7-8,11-12,14-16,28H2,1-6H3/t19-,21-/m0/s1. The molecule has 0 amide bonds. The van der Waals surface area contributed by atoms with Gasteiger partial charge in [-0.2, -0.15) is 0 Å². The van der Waals surface area contributed by atoms with Gasteiger partial charge in [-0.3, -0.25) is 4.79 Å². The van der Waals surface area contributed by atoms with Crippen LogP contribution < -0.4 is 15.2 Å². The van der Waals surface area contributed by atoms with E-state index in [0.717, 1.165) is 6.42 Å². The molecule has 0 aliphatic heterocycles. The second kappa shape index (κ2) is 17.9. The van der Waals surface area contributed by atoms with Crippen LogP contribution in [0.4, 0.5) is 14.4 Å². The van der Waals surface area contributed by atoms with Crippen LogP contribution in [0.1, 0.15) is 59.9 Å². The van der Waals surface area contributed by atoms with Crippen molar-refractivity contribution in [1.82, 2.24) is 0 Å². The van der Waals surface area contributed by atoms with Crippen LogP contribution in [-0.2, 0) is 34.9 Å². The third-order valence-corrected chi connectivity index (χ3v) is 4.70. The van der Waals surface area contributed by atoms with Gasteiger partial charge in [-0.05, 0) is 49.3 Å². The lowest BCUT2D eigenvalue weighted by atomic mass is 10.1. The van der Waals surface area contributed by atoms with Crippen LogP contribution in [0, 0.1) is 11.8 Å². The fraction of sp³-hybridized carbons (Fsp3) is 0.630. The molecule has 2 atom stereocenters. The zero-order valence-electron chi connectivity index (χ0n) is 23.6. The molecule has 0 saturated carbocycles. The molecule has 0 unspecified atom stereocenters. The van der Waals surface area contributed by atoms with Gasteiger partial charge >= 0.3 is 24.4 Å². The second-order valence-electron chi connectivity index (χ2n) is 9.72. The molecule has 0 saturated heterocycles. The summed E-state index contributed by atoms with van der Waals surface area (Å²) >= 11 is 0. The Morgan fingerprint density at radius 2 is 1.36 bits per heavy atom. The summed E-state index contributed by atoms with van der Waals surface area (Å²) in [6.07, 6.45) is -1.95. The number of hydrogen-bond donors (Lipinski definition) is 1. The number of unbranched alkanes of at least 4 members (excludes halogenated alkanes) is 1. The Morgan fingerprint density at radius 1 is 0.769 bits per heavy atom. The molecule has 1 aromatic rings. The summed E-state index contributed by atoms with van der Waals surface area (Å²) in [6, 6.07) is 3.24. The number of benzene rings is 1. The van der Waals surface area contributed by atoms with Gasteiger partial charge in [-0.25, -0.2) is 14.4 Å². The van der Waals surface area contributed by atoms with Crippen molar-refractivity contribution >= 4 is 24.4 Å². The quantitative estimate of drug-likeness (QED) is 0.137. The lowest BCUT2D eigenvalue weighted by Crippen LogP contribution is -2.36. The number of esters is 1. The molecule has 2 N–H and O–H groups in total. The predicted octanol–water partition coefficient (Wildman–Crippen LogP) is 4.78. The first-order valence-electron chi connectivity index (χ1n) is 13.0. The first-order chi connectivity index (χ1) is 18.4. The molecule has 12 nitrogen and oxygen atoms in total. The first kappa shape index (κ1) is 33.5. The zero-order chi connectivity index (χ0) is 29.4. The van der Waals surface area contributed by atoms with Crippen LogP contribution in [0.25, 0.3) is 0 Å². The Balaban J connectivity index is 2.80. The normalized spacial score (nSPS) is 12.3. The van der Waals surface area contributed by atoms with Gasteiger partial charge in [0.2, 0.25) is 0 Å². The van der Waals surface area contributed by atoms with Crippen molar-refractivity contribution in [3.63, 3.8) is 0 Å². The van der Waals surface area contributed by atoms with Gasteiger partial charge in [-0.1, -0.05) is 47.1 Å². The Hall–Kier alpha value is -3.54. The lowest BCUT2D eigenvalue weighted by molar-refractivity contribution is -0.148. The summed E-state index contributed by atoms with van der Waals surface area (Å²) in [6.45, 7) is 11.3. The minimum absolute atomic E-state index is 0.00259. The molecule has 0 aliphatic carbocycles. The van der Waals surface area contributed by atoms with Gasteiger partial charge in [0, 0.05) is 0 Å². The molecule has 0 spiro atoms. The number of ether oxygens (including phenoxy) is 7. The topological polar surface area (TPSA) is 159 Å². The Kier molecular flexibility index (Phi) is 15.3. The third kappa shape index (κ3) is 14.8. The van der Waals surface area contributed by atoms with Crippen LogP contribution >= 0.6 is 0 Å². The van der Waals surface area contributed by atoms with E-state index in [-0.39, 0.29) is 56.2 Å². The number of rotatable bonds is 15. The molecule has 12 heteroatoms. The predicted molar refractivity (Wildman–Crippen MR) is 140 cm³/mol. The molecule has 39 heavy (non-hydrogen) atoms. The lowest BCUT2D eigenvalue weighted by Gasteiger charge is -2.17. The summed E-state index contributed by atoms with van der Waals surface area (Å²) in [4.78, 5) is 48.2. The van der Waals surface area contributed by atoms with E-state index in [1.807, 2.05) is 34.6 Å². The largest absolute Gasteiger partial charge is 0.513 e. The SMILES string of the molecule is CCCCOC(=O)O[C@@H](C)COC(=O)[C@@H](N)Cc1ccc(OC(=O)OCC(C)C)c(OC(=O)OCC(C)C)c1. The summed E-state index contributed by atoms with van der Waals surface area (Å²) in [5.74, 6) is -0.762. The Labute approximate surface area is 229 Å². The van der Waals surface area contributed by atoms with Gasteiger partial charge in [0.15, 0.2) is 11.5 Å². The maximum Gasteiger partial charge on any atom is 0.513 e. The van der Waals surface area contributed by atoms with Crippen molar-refractivity contribution in [2.45, 2.75) is 73.0 Å². The van der Waals surface area contributed by atoms with Gasteiger partial charge in [0.25, 0.3) is 0 Å². The van der Waals surface area contributed by atoms with Crippen LogP contribution in [-0.4, -0.2) is 63.0 Å². The van der Waals surface area contributed by atoms with Crippen molar-refractivity contribution in [2.24, 2.45) is 17.6 Å². The minimum atomic E-state index is -1.09. The van der Waals surface area contributed by atoms with E-state index in [4.69, 9.17) is 38.9 Å². The van der Waals surface area contributed by atoms with E-state index >= 15 is 0 Å². The minimum Gasteiger partial charge on any atom is -0.461 e. The van der Waals surface area contributed by atoms with Gasteiger partial charge in [0.05, 0.1) is 19.8 Å². The molecule has 0 aromatic heterocycles. The molecular weight excluding hydrogens is 514 g/mol. The van der Waals surface area contributed by atoms with E-state index in [0.29, 0.717) is 12.0 Å². The highest BCUT2D eigenvalue weighted by molar-refractivity contribution is 5.76. The van der Waals surface area contributed by atoms with Gasteiger partial charge in [0.1, 0.15) is 18.8 Å². The fourth-order valence-electron chi connectivity index (χ4n) is 2.73. The highest BCUT2D eigenvalue weighted by atomic mass is 16.7. The van der Waals surface area contributed by atoms with Crippen LogP contribution in [0.15, 0.2) is 18.2 Å². The molecule has 0 bridgehead atoms. The van der Waals surface area contributed by atoms with Crippen LogP contribution in [0.2, 0.25) is 0 Å².